The van der Waals surface area contributed by atoms with Crippen molar-refractivity contribution in [2.24, 2.45) is 5.73 Å². The minimum Gasteiger partial charge on any atom is -0.484 e. The fourth-order valence-electron chi connectivity index (χ4n) is 1.77. The molecule has 1 aromatic rings. The molecule has 2 atom stereocenters. The van der Waals surface area contributed by atoms with Gasteiger partial charge in [-0.05, 0) is 38.0 Å². The van der Waals surface area contributed by atoms with Crippen molar-refractivity contribution in [3.63, 3.8) is 0 Å². The summed E-state index contributed by atoms with van der Waals surface area (Å²) in [5.74, 6) is 0.0266. The van der Waals surface area contributed by atoms with Crippen LogP contribution in [0.2, 0.25) is 0 Å². The van der Waals surface area contributed by atoms with E-state index in [4.69, 9.17) is 5.73 Å². The molecule has 22 heavy (non-hydrogen) atoms. The Balaban J connectivity index is 2.49. The molecule has 1 amide bonds. The lowest BCUT2D eigenvalue weighted by Gasteiger charge is -2.16. The normalized spacial score (nSPS) is 14.3. The van der Waals surface area contributed by atoms with Gasteiger partial charge in [-0.1, -0.05) is 12.1 Å². The number of carbonyl (C=O) groups excluding carboxylic acids is 1. The summed E-state index contributed by atoms with van der Waals surface area (Å²) in [5.41, 5.74) is 6.37. The van der Waals surface area contributed by atoms with E-state index in [9.17, 15) is 18.0 Å². The lowest BCUT2D eigenvalue weighted by Crippen LogP contribution is -2.28. The number of nitrogens with two attached hydrogens (primary N) is 1. The summed E-state index contributed by atoms with van der Waals surface area (Å²) in [5, 5.41) is 2.81. The quantitative estimate of drug-likeness (QED) is 0.812. The highest BCUT2D eigenvalue weighted by molar-refractivity contribution is 5.76. The Morgan fingerprint density at radius 2 is 1.86 bits per heavy atom. The Hall–Kier alpha value is -1.76. The van der Waals surface area contributed by atoms with E-state index in [1.165, 1.54) is 12.1 Å². The Labute approximate surface area is 127 Å². The average Bonchev–Trinajstić information content (AvgIpc) is 2.42. The third kappa shape index (κ3) is 7.31. The summed E-state index contributed by atoms with van der Waals surface area (Å²) < 4.78 is 40.7. The van der Waals surface area contributed by atoms with Crippen molar-refractivity contribution in [2.75, 3.05) is 6.61 Å². The predicted octanol–water partition coefficient (Wildman–Crippen LogP) is 2.93. The number of carbonyl (C=O) groups is 1. The third-order valence-corrected chi connectivity index (χ3v) is 2.99. The van der Waals surface area contributed by atoms with E-state index in [1.807, 2.05) is 6.92 Å². The predicted molar refractivity (Wildman–Crippen MR) is 77.4 cm³/mol. The highest BCUT2D eigenvalue weighted by atomic mass is 19.4. The van der Waals surface area contributed by atoms with Gasteiger partial charge in [-0.3, -0.25) is 4.79 Å². The fourth-order valence-corrected chi connectivity index (χ4v) is 1.77. The van der Waals surface area contributed by atoms with Crippen LogP contribution < -0.4 is 15.8 Å². The van der Waals surface area contributed by atoms with Gasteiger partial charge in [-0.2, -0.15) is 13.2 Å². The number of rotatable bonds is 7. The number of halogens is 3. The molecular weight excluding hydrogens is 297 g/mol. The van der Waals surface area contributed by atoms with Gasteiger partial charge >= 0.3 is 6.18 Å². The number of alkyl halides is 3. The van der Waals surface area contributed by atoms with Gasteiger partial charge in [0, 0.05) is 12.5 Å². The van der Waals surface area contributed by atoms with Crippen molar-refractivity contribution < 1.29 is 22.7 Å². The van der Waals surface area contributed by atoms with Crippen LogP contribution in [0.3, 0.4) is 0 Å². The maximum Gasteiger partial charge on any atom is 0.422 e. The molecule has 0 heterocycles. The van der Waals surface area contributed by atoms with Gasteiger partial charge < -0.3 is 15.8 Å². The van der Waals surface area contributed by atoms with E-state index in [0.717, 1.165) is 5.56 Å². The maximum atomic E-state index is 12.0. The van der Waals surface area contributed by atoms with Crippen LogP contribution in [0.5, 0.6) is 5.75 Å². The van der Waals surface area contributed by atoms with Crippen molar-refractivity contribution in [2.45, 2.75) is 44.9 Å². The molecule has 0 bridgehead atoms. The fraction of sp³-hybridized carbons (Fsp3) is 0.533. The Morgan fingerprint density at radius 3 is 2.36 bits per heavy atom. The van der Waals surface area contributed by atoms with E-state index in [1.54, 1.807) is 19.1 Å². The number of benzene rings is 1. The highest BCUT2D eigenvalue weighted by Gasteiger charge is 2.28. The molecule has 0 aliphatic rings. The van der Waals surface area contributed by atoms with Gasteiger partial charge in [0.1, 0.15) is 5.75 Å². The molecule has 0 aliphatic heterocycles. The second-order valence-electron chi connectivity index (χ2n) is 5.28. The lowest BCUT2D eigenvalue weighted by atomic mass is 10.1. The van der Waals surface area contributed by atoms with Gasteiger partial charge in [0.15, 0.2) is 6.61 Å². The molecule has 1 aromatic carbocycles. The topological polar surface area (TPSA) is 64.4 Å². The summed E-state index contributed by atoms with van der Waals surface area (Å²) in [6.07, 6.45) is -3.42. The van der Waals surface area contributed by atoms with Crippen molar-refractivity contribution in [1.82, 2.24) is 5.32 Å². The van der Waals surface area contributed by atoms with E-state index in [0.29, 0.717) is 12.8 Å². The molecule has 0 saturated carbocycles. The monoisotopic (exact) mass is 318 g/mol. The van der Waals surface area contributed by atoms with Crippen LogP contribution >= 0.6 is 0 Å². The molecule has 124 valence electrons. The largest absolute Gasteiger partial charge is 0.484 e. The molecule has 7 heteroatoms. The van der Waals surface area contributed by atoms with E-state index in [-0.39, 0.29) is 23.7 Å². The van der Waals surface area contributed by atoms with Crippen LogP contribution in [0.1, 0.15) is 38.3 Å². The minimum atomic E-state index is -4.36. The smallest absolute Gasteiger partial charge is 0.422 e. The van der Waals surface area contributed by atoms with Gasteiger partial charge in [0.05, 0.1) is 6.04 Å². The third-order valence-electron chi connectivity index (χ3n) is 2.99. The zero-order chi connectivity index (χ0) is 16.8. The summed E-state index contributed by atoms with van der Waals surface area (Å²) in [6.45, 7) is 2.31. The Morgan fingerprint density at radius 1 is 1.27 bits per heavy atom. The molecule has 0 radical (unpaired) electrons. The van der Waals surface area contributed by atoms with Gasteiger partial charge in [0.2, 0.25) is 5.91 Å². The van der Waals surface area contributed by atoms with Gasteiger partial charge in [0.25, 0.3) is 0 Å². The van der Waals surface area contributed by atoms with Crippen molar-refractivity contribution in [1.29, 1.82) is 0 Å². The molecule has 1 rings (SSSR count). The van der Waals surface area contributed by atoms with Crippen molar-refractivity contribution in [3.05, 3.63) is 29.8 Å². The van der Waals surface area contributed by atoms with Crippen LogP contribution in [0.4, 0.5) is 13.2 Å². The number of ether oxygens (including phenoxy) is 1. The van der Waals surface area contributed by atoms with E-state index >= 15 is 0 Å². The molecule has 2 unspecified atom stereocenters. The van der Waals surface area contributed by atoms with Crippen molar-refractivity contribution >= 4 is 5.91 Å². The summed E-state index contributed by atoms with van der Waals surface area (Å²) in [4.78, 5) is 11.7. The number of hydrogen-bond acceptors (Lipinski definition) is 3. The molecule has 0 aliphatic carbocycles. The van der Waals surface area contributed by atoms with Crippen LogP contribution in [-0.2, 0) is 4.79 Å². The van der Waals surface area contributed by atoms with E-state index < -0.39 is 12.8 Å². The first-order chi connectivity index (χ1) is 10.2. The molecule has 0 saturated heterocycles. The molecule has 0 spiro atoms. The Bertz CT molecular complexity index is 473. The highest BCUT2D eigenvalue weighted by Crippen LogP contribution is 2.21. The van der Waals surface area contributed by atoms with Gasteiger partial charge in [-0.15, -0.1) is 0 Å². The van der Waals surface area contributed by atoms with Crippen LogP contribution in [-0.4, -0.2) is 24.7 Å². The van der Waals surface area contributed by atoms with Gasteiger partial charge in [-0.25, -0.2) is 0 Å². The first kappa shape index (κ1) is 18.3. The summed E-state index contributed by atoms with van der Waals surface area (Å²) in [6, 6.07) is 5.88. The standard InChI is InChI=1S/C15H21F3N2O2/c1-10(19)3-8-14(21)20-11(2)12-4-6-13(7-5-12)22-9-15(16,17)18/h4-7,10-11H,3,8-9,19H2,1-2H3,(H,20,21). The minimum absolute atomic E-state index is 0.0360. The first-order valence-corrected chi connectivity index (χ1v) is 7.02. The molecule has 0 fully saturated rings. The second-order valence-corrected chi connectivity index (χ2v) is 5.28. The summed E-state index contributed by atoms with van der Waals surface area (Å²) in [7, 11) is 0. The SMILES string of the molecule is CC(N)CCC(=O)NC(C)c1ccc(OCC(F)(F)F)cc1. The average molecular weight is 318 g/mol. The second kappa shape index (κ2) is 8.03. The van der Waals surface area contributed by atoms with E-state index in [2.05, 4.69) is 10.1 Å². The van der Waals surface area contributed by atoms with Crippen LogP contribution in [0, 0.1) is 0 Å². The van der Waals surface area contributed by atoms with Crippen molar-refractivity contribution in [3.8, 4) is 5.75 Å². The number of hydrogen-bond donors (Lipinski definition) is 2. The zero-order valence-electron chi connectivity index (χ0n) is 12.6. The molecular formula is C15H21F3N2O2. The lowest BCUT2D eigenvalue weighted by molar-refractivity contribution is -0.153. The maximum absolute atomic E-state index is 12.0. The first-order valence-electron chi connectivity index (χ1n) is 7.02. The van der Waals surface area contributed by atoms with Crippen LogP contribution in [0.25, 0.3) is 0 Å². The molecule has 3 N–H and O–H groups in total. The van der Waals surface area contributed by atoms with Crippen LogP contribution in [0.15, 0.2) is 24.3 Å². The zero-order valence-corrected chi connectivity index (χ0v) is 12.6. The summed E-state index contributed by atoms with van der Waals surface area (Å²) >= 11 is 0. The molecule has 4 nitrogen and oxygen atoms in total. The molecule has 0 aromatic heterocycles. The number of nitrogens with one attached hydrogen (secondary N) is 1. The number of amides is 1. The Kier molecular flexibility index (Phi) is 6.67.